The van der Waals surface area contributed by atoms with Gasteiger partial charge in [0.2, 0.25) is 5.82 Å². The number of nitro benzene ring substituents is 1. The standard InChI is InChI=1S/C13H15FN4O3/c1-9(2)6-17-13(15-8-16-17)7-21-10-3-4-12(18(19)20)11(14)5-10/h3-5,8-9H,6-7H2,1-2H3. The summed E-state index contributed by atoms with van der Waals surface area (Å²) < 4.78 is 20.6. The lowest BCUT2D eigenvalue weighted by atomic mass is 10.2. The summed E-state index contributed by atoms with van der Waals surface area (Å²) in [7, 11) is 0. The van der Waals surface area contributed by atoms with Crippen LogP contribution in [0.5, 0.6) is 5.75 Å². The van der Waals surface area contributed by atoms with Gasteiger partial charge in [-0.15, -0.1) is 0 Å². The maximum absolute atomic E-state index is 13.5. The molecule has 0 fully saturated rings. The number of nitro groups is 1. The number of rotatable bonds is 6. The SMILES string of the molecule is CC(C)Cn1ncnc1COc1ccc([N+](=O)[O-])c(F)c1. The molecule has 0 spiro atoms. The lowest BCUT2D eigenvalue weighted by Crippen LogP contribution is -2.12. The highest BCUT2D eigenvalue weighted by molar-refractivity contribution is 5.37. The maximum Gasteiger partial charge on any atom is 0.305 e. The molecule has 1 heterocycles. The third-order valence-corrected chi connectivity index (χ3v) is 2.72. The molecule has 0 aliphatic carbocycles. The molecule has 0 aliphatic heterocycles. The highest BCUT2D eigenvalue weighted by Gasteiger charge is 2.15. The predicted octanol–water partition coefficient (Wildman–Crippen LogP) is 2.56. The van der Waals surface area contributed by atoms with Crippen molar-refractivity contribution >= 4 is 5.69 Å². The highest BCUT2D eigenvalue weighted by Crippen LogP contribution is 2.22. The minimum atomic E-state index is -0.929. The van der Waals surface area contributed by atoms with Crippen molar-refractivity contribution < 1.29 is 14.1 Å². The van der Waals surface area contributed by atoms with Gasteiger partial charge in [-0.2, -0.15) is 9.49 Å². The van der Waals surface area contributed by atoms with E-state index in [4.69, 9.17) is 4.74 Å². The largest absolute Gasteiger partial charge is 0.486 e. The van der Waals surface area contributed by atoms with Gasteiger partial charge in [-0.1, -0.05) is 13.8 Å². The van der Waals surface area contributed by atoms with Gasteiger partial charge in [-0.3, -0.25) is 10.1 Å². The zero-order valence-electron chi connectivity index (χ0n) is 11.7. The van der Waals surface area contributed by atoms with Crippen molar-refractivity contribution in [2.45, 2.75) is 27.0 Å². The van der Waals surface area contributed by atoms with Gasteiger partial charge in [0, 0.05) is 18.7 Å². The summed E-state index contributed by atoms with van der Waals surface area (Å²) in [4.78, 5) is 13.8. The van der Waals surface area contributed by atoms with Crippen molar-refractivity contribution in [1.29, 1.82) is 0 Å². The van der Waals surface area contributed by atoms with E-state index in [0.29, 0.717) is 18.3 Å². The van der Waals surface area contributed by atoms with Crippen molar-refractivity contribution in [3.63, 3.8) is 0 Å². The van der Waals surface area contributed by atoms with Gasteiger partial charge in [-0.05, 0) is 12.0 Å². The Hall–Kier alpha value is -2.51. The Kier molecular flexibility index (Phi) is 4.46. The Balaban J connectivity index is 2.05. The zero-order valence-corrected chi connectivity index (χ0v) is 11.7. The van der Waals surface area contributed by atoms with Crippen molar-refractivity contribution in [2.75, 3.05) is 0 Å². The summed E-state index contributed by atoms with van der Waals surface area (Å²) in [5.74, 6) is 0.295. The van der Waals surface area contributed by atoms with E-state index in [2.05, 4.69) is 23.9 Å². The molecule has 7 nitrogen and oxygen atoms in total. The van der Waals surface area contributed by atoms with Gasteiger partial charge in [0.25, 0.3) is 0 Å². The zero-order chi connectivity index (χ0) is 15.4. The molecule has 1 aromatic carbocycles. The van der Waals surface area contributed by atoms with E-state index >= 15 is 0 Å². The number of hydrogen-bond acceptors (Lipinski definition) is 5. The molecule has 2 rings (SSSR count). The van der Waals surface area contributed by atoms with Gasteiger partial charge in [0.15, 0.2) is 5.82 Å². The second kappa shape index (κ2) is 6.29. The van der Waals surface area contributed by atoms with Gasteiger partial charge in [0.05, 0.1) is 4.92 Å². The number of halogens is 1. The molecule has 112 valence electrons. The van der Waals surface area contributed by atoms with E-state index in [0.717, 1.165) is 12.1 Å². The fourth-order valence-electron chi connectivity index (χ4n) is 1.77. The Morgan fingerprint density at radius 2 is 2.24 bits per heavy atom. The fraction of sp³-hybridized carbons (Fsp3) is 0.385. The number of aromatic nitrogens is 3. The normalized spacial score (nSPS) is 10.9. The summed E-state index contributed by atoms with van der Waals surface area (Å²) in [6.45, 7) is 4.92. The summed E-state index contributed by atoms with van der Waals surface area (Å²) >= 11 is 0. The fourth-order valence-corrected chi connectivity index (χ4v) is 1.77. The second-order valence-electron chi connectivity index (χ2n) is 4.91. The van der Waals surface area contributed by atoms with Crippen LogP contribution in [0, 0.1) is 21.8 Å². The first kappa shape index (κ1) is 14.9. The number of benzene rings is 1. The molecule has 0 saturated carbocycles. The van der Waals surface area contributed by atoms with Crippen LogP contribution in [0.15, 0.2) is 24.5 Å². The summed E-state index contributed by atoms with van der Waals surface area (Å²) in [6.07, 6.45) is 1.43. The van der Waals surface area contributed by atoms with E-state index in [1.54, 1.807) is 4.68 Å². The average molecular weight is 294 g/mol. The van der Waals surface area contributed by atoms with Crippen LogP contribution >= 0.6 is 0 Å². The van der Waals surface area contributed by atoms with Crippen LogP contribution in [-0.2, 0) is 13.2 Å². The molecule has 0 unspecified atom stereocenters. The Morgan fingerprint density at radius 1 is 1.48 bits per heavy atom. The van der Waals surface area contributed by atoms with Crippen molar-refractivity contribution in [3.05, 3.63) is 46.3 Å². The maximum atomic E-state index is 13.5. The minimum Gasteiger partial charge on any atom is -0.486 e. The van der Waals surface area contributed by atoms with E-state index < -0.39 is 16.4 Å². The lowest BCUT2D eigenvalue weighted by Gasteiger charge is -2.09. The van der Waals surface area contributed by atoms with Crippen LogP contribution in [-0.4, -0.2) is 19.7 Å². The van der Waals surface area contributed by atoms with Crippen LogP contribution in [0.4, 0.5) is 10.1 Å². The molecule has 0 saturated heterocycles. The number of nitrogens with zero attached hydrogens (tertiary/aromatic N) is 4. The first-order valence-corrected chi connectivity index (χ1v) is 6.40. The number of ether oxygens (including phenoxy) is 1. The second-order valence-corrected chi connectivity index (χ2v) is 4.91. The van der Waals surface area contributed by atoms with Gasteiger partial charge in [0.1, 0.15) is 18.7 Å². The van der Waals surface area contributed by atoms with E-state index in [-0.39, 0.29) is 12.4 Å². The van der Waals surface area contributed by atoms with Gasteiger partial charge in [-0.25, -0.2) is 9.67 Å². The molecule has 8 heteroatoms. The average Bonchev–Trinajstić information content (AvgIpc) is 2.82. The van der Waals surface area contributed by atoms with Gasteiger partial charge >= 0.3 is 5.69 Å². The molecule has 0 amide bonds. The quantitative estimate of drug-likeness (QED) is 0.604. The monoisotopic (exact) mass is 294 g/mol. The third kappa shape index (κ3) is 3.74. The van der Waals surface area contributed by atoms with E-state index in [1.165, 1.54) is 12.4 Å². The molecule has 0 atom stereocenters. The molecular weight excluding hydrogens is 279 g/mol. The Labute approximate surface area is 120 Å². The molecule has 0 radical (unpaired) electrons. The van der Waals surface area contributed by atoms with Crippen LogP contribution in [0.2, 0.25) is 0 Å². The molecule has 0 bridgehead atoms. The van der Waals surface area contributed by atoms with Gasteiger partial charge < -0.3 is 4.74 Å². The molecule has 0 N–H and O–H groups in total. The van der Waals surface area contributed by atoms with Crippen LogP contribution in [0.3, 0.4) is 0 Å². The van der Waals surface area contributed by atoms with E-state index in [1.807, 2.05) is 0 Å². The van der Waals surface area contributed by atoms with E-state index in [9.17, 15) is 14.5 Å². The van der Waals surface area contributed by atoms with Crippen LogP contribution < -0.4 is 4.74 Å². The smallest absolute Gasteiger partial charge is 0.305 e. The number of hydrogen-bond donors (Lipinski definition) is 0. The highest BCUT2D eigenvalue weighted by atomic mass is 19.1. The first-order chi connectivity index (χ1) is 9.97. The summed E-state index contributed by atoms with van der Waals surface area (Å²) in [6, 6.07) is 3.41. The first-order valence-electron chi connectivity index (χ1n) is 6.40. The van der Waals surface area contributed by atoms with Crippen molar-refractivity contribution in [2.24, 2.45) is 5.92 Å². The molecule has 21 heavy (non-hydrogen) atoms. The van der Waals surface area contributed by atoms with Crippen LogP contribution in [0.1, 0.15) is 19.7 Å². The minimum absolute atomic E-state index is 0.115. The Morgan fingerprint density at radius 3 is 2.86 bits per heavy atom. The molecular formula is C13H15FN4O3. The molecule has 0 aliphatic rings. The van der Waals surface area contributed by atoms with Crippen molar-refractivity contribution in [3.8, 4) is 5.75 Å². The predicted molar refractivity (Wildman–Crippen MR) is 72.2 cm³/mol. The topological polar surface area (TPSA) is 83.1 Å². The van der Waals surface area contributed by atoms with Crippen LogP contribution in [0.25, 0.3) is 0 Å². The third-order valence-electron chi connectivity index (χ3n) is 2.72. The lowest BCUT2D eigenvalue weighted by molar-refractivity contribution is -0.387. The summed E-state index contributed by atoms with van der Waals surface area (Å²) in [5, 5.41) is 14.6. The van der Waals surface area contributed by atoms with Crippen molar-refractivity contribution in [1.82, 2.24) is 14.8 Å². The summed E-state index contributed by atoms with van der Waals surface area (Å²) in [5.41, 5.74) is -0.578. The molecule has 2 aromatic rings. The Bertz CT molecular complexity index is 642. The molecule has 1 aromatic heterocycles.